The Morgan fingerprint density at radius 2 is 2.15 bits per heavy atom. The van der Waals surface area contributed by atoms with Crippen molar-refractivity contribution >= 4 is 37.5 Å². The number of aryl methyl sites for hydroxylation is 2. The first kappa shape index (κ1) is 19.8. The van der Waals surface area contributed by atoms with Gasteiger partial charge in [-0.15, -0.1) is 6.42 Å². The number of rotatable bonds is 3. The van der Waals surface area contributed by atoms with E-state index in [0.717, 1.165) is 21.3 Å². The van der Waals surface area contributed by atoms with E-state index in [1.807, 2.05) is 24.5 Å². The average Bonchev–Trinajstić information content (AvgIpc) is 2.93. The third kappa shape index (κ3) is 4.15. The van der Waals surface area contributed by atoms with Gasteiger partial charge >= 0.3 is 0 Å². The Bertz CT molecular complexity index is 1100. The van der Waals surface area contributed by atoms with Crippen molar-refractivity contribution < 1.29 is 13.2 Å². The van der Waals surface area contributed by atoms with Gasteiger partial charge in [0.2, 0.25) is 10.0 Å². The largest absolute Gasteiger partial charge is 0.305 e. The van der Waals surface area contributed by atoms with Gasteiger partial charge in [-0.2, -0.15) is 4.99 Å². The number of thiazole rings is 1. The molecule has 2 heterocycles. The highest BCUT2D eigenvalue weighted by Gasteiger charge is 2.30. The SMILES string of the molecule is C#CCn1c(=NC(=O)C2CCCN(S(C)(=O)=O)C2)sc2c(C)cc(C)cc21. The van der Waals surface area contributed by atoms with Crippen LogP contribution in [0.4, 0.5) is 0 Å². The Morgan fingerprint density at radius 3 is 2.81 bits per heavy atom. The van der Waals surface area contributed by atoms with E-state index >= 15 is 0 Å². The second-order valence-corrected chi connectivity index (χ2v) is 9.98. The summed E-state index contributed by atoms with van der Waals surface area (Å²) in [6.45, 7) is 5.03. The molecule has 2 aromatic rings. The van der Waals surface area contributed by atoms with Crippen LogP contribution in [0, 0.1) is 32.1 Å². The van der Waals surface area contributed by atoms with E-state index in [1.165, 1.54) is 21.9 Å². The standard InChI is InChI=1S/C19H23N3O3S2/c1-5-8-22-16-11-13(2)10-14(3)17(16)26-19(22)20-18(23)15-7-6-9-21(12-15)27(4,24)25/h1,10-11,15H,6-9,12H2,2-4H3. The molecule has 0 aliphatic carbocycles. The number of hydrogen-bond acceptors (Lipinski definition) is 4. The average molecular weight is 406 g/mol. The number of piperidine rings is 1. The van der Waals surface area contributed by atoms with E-state index < -0.39 is 15.9 Å². The van der Waals surface area contributed by atoms with Gasteiger partial charge < -0.3 is 4.57 Å². The molecule has 0 spiro atoms. The molecule has 3 rings (SSSR count). The molecule has 1 unspecified atom stereocenters. The molecule has 0 radical (unpaired) electrons. The molecule has 144 valence electrons. The smallest absolute Gasteiger partial charge is 0.252 e. The molecule has 1 aromatic heterocycles. The van der Waals surface area contributed by atoms with Crippen LogP contribution in [0.25, 0.3) is 10.2 Å². The number of benzene rings is 1. The van der Waals surface area contributed by atoms with Gasteiger partial charge in [0, 0.05) is 13.1 Å². The Kier molecular flexibility index (Phi) is 5.56. The van der Waals surface area contributed by atoms with Crippen LogP contribution in [0.3, 0.4) is 0 Å². The zero-order valence-electron chi connectivity index (χ0n) is 15.7. The number of terminal acetylenes is 1. The normalized spacial score (nSPS) is 19.3. The zero-order chi connectivity index (χ0) is 19.8. The second-order valence-electron chi connectivity index (χ2n) is 7.02. The monoisotopic (exact) mass is 405 g/mol. The van der Waals surface area contributed by atoms with Crippen LogP contribution in [-0.2, 0) is 21.4 Å². The third-order valence-corrected chi connectivity index (χ3v) is 7.27. The number of aromatic nitrogens is 1. The van der Waals surface area contributed by atoms with Crippen LogP contribution in [0.2, 0.25) is 0 Å². The lowest BCUT2D eigenvalue weighted by Gasteiger charge is -2.28. The molecule has 0 N–H and O–H groups in total. The van der Waals surface area contributed by atoms with Crippen molar-refractivity contribution in [3.05, 3.63) is 28.1 Å². The number of hydrogen-bond donors (Lipinski definition) is 0. The first-order chi connectivity index (χ1) is 12.7. The van der Waals surface area contributed by atoms with Crippen molar-refractivity contribution in [3.63, 3.8) is 0 Å². The van der Waals surface area contributed by atoms with E-state index in [2.05, 4.69) is 17.0 Å². The minimum Gasteiger partial charge on any atom is -0.305 e. The van der Waals surface area contributed by atoms with Crippen LogP contribution in [-0.4, -0.2) is 42.5 Å². The predicted octanol–water partition coefficient (Wildman–Crippen LogP) is 2.05. The van der Waals surface area contributed by atoms with Crippen LogP contribution in [0.5, 0.6) is 0 Å². The lowest BCUT2D eigenvalue weighted by atomic mass is 9.99. The maximum Gasteiger partial charge on any atom is 0.252 e. The molecule has 8 heteroatoms. The van der Waals surface area contributed by atoms with Gasteiger partial charge in [-0.25, -0.2) is 12.7 Å². The third-order valence-electron chi connectivity index (χ3n) is 4.77. The van der Waals surface area contributed by atoms with E-state index in [1.54, 1.807) is 0 Å². The minimum atomic E-state index is -3.30. The van der Waals surface area contributed by atoms with E-state index in [4.69, 9.17) is 6.42 Å². The maximum atomic E-state index is 12.8. The van der Waals surface area contributed by atoms with E-state index in [0.29, 0.717) is 30.7 Å². The molecular formula is C19H23N3O3S2. The van der Waals surface area contributed by atoms with Gasteiger partial charge in [-0.05, 0) is 43.9 Å². The Hall–Kier alpha value is -1.95. The van der Waals surface area contributed by atoms with Crippen molar-refractivity contribution in [2.24, 2.45) is 10.9 Å². The summed E-state index contributed by atoms with van der Waals surface area (Å²) in [5, 5.41) is 0. The number of fused-ring (bicyclic) bond motifs is 1. The lowest BCUT2D eigenvalue weighted by molar-refractivity contribution is -0.122. The lowest BCUT2D eigenvalue weighted by Crippen LogP contribution is -2.41. The molecule has 1 fully saturated rings. The Morgan fingerprint density at radius 1 is 1.41 bits per heavy atom. The summed E-state index contributed by atoms with van der Waals surface area (Å²) in [5.74, 6) is 1.93. The molecule has 1 aromatic carbocycles. The number of sulfonamides is 1. The molecule has 1 aliphatic heterocycles. The van der Waals surface area contributed by atoms with Gasteiger partial charge in [0.05, 0.1) is 28.9 Å². The maximum absolute atomic E-state index is 12.8. The van der Waals surface area contributed by atoms with E-state index in [9.17, 15) is 13.2 Å². The van der Waals surface area contributed by atoms with Crippen molar-refractivity contribution in [1.29, 1.82) is 0 Å². The molecule has 0 saturated carbocycles. The number of carbonyl (C=O) groups excluding carboxylic acids is 1. The minimum absolute atomic E-state index is 0.194. The first-order valence-electron chi connectivity index (χ1n) is 8.78. The van der Waals surface area contributed by atoms with Crippen molar-refractivity contribution in [1.82, 2.24) is 8.87 Å². The first-order valence-corrected chi connectivity index (χ1v) is 11.4. The summed E-state index contributed by atoms with van der Waals surface area (Å²) in [6, 6.07) is 4.14. The van der Waals surface area contributed by atoms with Gasteiger partial charge in [-0.3, -0.25) is 4.79 Å². The molecule has 1 aliphatic rings. The van der Waals surface area contributed by atoms with Crippen LogP contribution in [0.1, 0.15) is 24.0 Å². The van der Waals surface area contributed by atoms with Gasteiger partial charge in [-0.1, -0.05) is 23.3 Å². The van der Waals surface area contributed by atoms with Crippen LogP contribution < -0.4 is 4.80 Å². The Labute approximate surface area is 163 Å². The van der Waals surface area contributed by atoms with Gasteiger partial charge in [0.15, 0.2) is 4.80 Å². The predicted molar refractivity (Wildman–Crippen MR) is 108 cm³/mol. The molecule has 0 bridgehead atoms. The molecule has 6 nitrogen and oxygen atoms in total. The summed E-state index contributed by atoms with van der Waals surface area (Å²) in [5.41, 5.74) is 3.22. The number of carbonyl (C=O) groups is 1. The van der Waals surface area contributed by atoms with Crippen molar-refractivity contribution in [3.8, 4) is 12.3 Å². The van der Waals surface area contributed by atoms with Crippen molar-refractivity contribution in [2.75, 3.05) is 19.3 Å². The second kappa shape index (κ2) is 7.58. The quantitative estimate of drug-likeness (QED) is 0.734. The Balaban J connectivity index is 2.02. The summed E-state index contributed by atoms with van der Waals surface area (Å²) < 4.78 is 27.9. The van der Waals surface area contributed by atoms with Crippen LogP contribution in [0.15, 0.2) is 17.1 Å². The molecular weight excluding hydrogens is 382 g/mol. The number of nitrogens with zero attached hydrogens (tertiary/aromatic N) is 3. The highest BCUT2D eigenvalue weighted by Crippen LogP contribution is 2.24. The topological polar surface area (TPSA) is 71.7 Å². The zero-order valence-corrected chi connectivity index (χ0v) is 17.4. The summed E-state index contributed by atoms with van der Waals surface area (Å²) in [6.07, 6.45) is 8.01. The molecule has 1 saturated heterocycles. The highest BCUT2D eigenvalue weighted by atomic mass is 32.2. The summed E-state index contributed by atoms with van der Waals surface area (Å²) in [4.78, 5) is 17.7. The summed E-state index contributed by atoms with van der Waals surface area (Å²) >= 11 is 1.45. The molecule has 1 atom stereocenters. The van der Waals surface area contributed by atoms with Gasteiger partial charge in [0.25, 0.3) is 5.91 Å². The fourth-order valence-electron chi connectivity index (χ4n) is 3.47. The van der Waals surface area contributed by atoms with Crippen LogP contribution >= 0.6 is 11.3 Å². The fourth-order valence-corrected chi connectivity index (χ4v) is 5.47. The number of amides is 1. The highest BCUT2D eigenvalue weighted by molar-refractivity contribution is 7.88. The molecule has 1 amide bonds. The summed E-state index contributed by atoms with van der Waals surface area (Å²) in [7, 11) is -3.30. The van der Waals surface area contributed by atoms with Crippen molar-refractivity contribution in [2.45, 2.75) is 33.2 Å². The van der Waals surface area contributed by atoms with Gasteiger partial charge in [0.1, 0.15) is 0 Å². The van der Waals surface area contributed by atoms with E-state index in [-0.39, 0.29) is 12.5 Å². The molecule has 27 heavy (non-hydrogen) atoms. The fraction of sp³-hybridized carbons (Fsp3) is 0.474.